The minimum Gasteiger partial charge on any atom is -0.326 e. The summed E-state index contributed by atoms with van der Waals surface area (Å²) in [5, 5.41) is 0. The first kappa shape index (κ1) is 9.47. The minimum absolute atomic E-state index is 0.376. The second-order valence-corrected chi connectivity index (χ2v) is 4.72. The molecule has 2 heteroatoms. The highest BCUT2D eigenvalue weighted by Gasteiger charge is 2.42. The van der Waals surface area contributed by atoms with E-state index in [0.29, 0.717) is 12.1 Å². The molecule has 2 bridgehead atoms. The summed E-state index contributed by atoms with van der Waals surface area (Å²) >= 11 is 0. The van der Waals surface area contributed by atoms with Gasteiger partial charge in [0.05, 0.1) is 0 Å². The van der Waals surface area contributed by atoms with Crippen LogP contribution in [0, 0.1) is 0 Å². The normalized spacial score (nSPS) is 38.1. The van der Waals surface area contributed by atoms with Crippen molar-refractivity contribution in [1.82, 2.24) is 4.90 Å². The first-order valence-electron chi connectivity index (χ1n) is 5.77. The van der Waals surface area contributed by atoms with Crippen molar-refractivity contribution in [3.05, 3.63) is 0 Å². The van der Waals surface area contributed by atoms with Crippen LogP contribution in [0.25, 0.3) is 0 Å². The lowest BCUT2D eigenvalue weighted by atomic mass is 10.0. The number of nitrogens with zero attached hydrogens (tertiary/aromatic N) is 1. The van der Waals surface area contributed by atoms with Gasteiger partial charge in [-0.3, -0.25) is 4.90 Å². The zero-order valence-electron chi connectivity index (χ0n) is 8.87. The molecule has 2 saturated heterocycles. The molecule has 2 aliphatic heterocycles. The Morgan fingerprint density at radius 2 is 1.69 bits per heavy atom. The van der Waals surface area contributed by atoms with Gasteiger partial charge in [0.25, 0.3) is 0 Å². The molecule has 0 aromatic carbocycles. The summed E-state index contributed by atoms with van der Waals surface area (Å²) in [6, 6.07) is 2.72. The summed E-state index contributed by atoms with van der Waals surface area (Å²) in [6.07, 6.45) is 6.80. The maximum Gasteiger partial charge on any atom is 0.0224 e. The lowest BCUT2D eigenvalue weighted by Crippen LogP contribution is -2.47. The van der Waals surface area contributed by atoms with Gasteiger partial charge in [0.15, 0.2) is 0 Å². The van der Waals surface area contributed by atoms with Gasteiger partial charge >= 0.3 is 0 Å². The largest absolute Gasteiger partial charge is 0.326 e. The second-order valence-electron chi connectivity index (χ2n) is 4.72. The number of hydrogen-bond acceptors (Lipinski definition) is 2. The summed E-state index contributed by atoms with van der Waals surface area (Å²) in [7, 11) is 0. The van der Waals surface area contributed by atoms with Crippen LogP contribution in [-0.2, 0) is 0 Å². The average Bonchev–Trinajstić information content (AvgIpc) is 2.74. The quantitative estimate of drug-likeness (QED) is 0.720. The van der Waals surface area contributed by atoms with E-state index in [2.05, 4.69) is 18.7 Å². The molecule has 0 amide bonds. The van der Waals surface area contributed by atoms with Crippen molar-refractivity contribution in [1.29, 1.82) is 0 Å². The van der Waals surface area contributed by atoms with Gasteiger partial charge in [-0.2, -0.15) is 0 Å². The van der Waals surface area contributed by atoms with Crippen LogP contribution in [0.4, 0.5) is 0 Å². The molecule has 0 aromatic rings. The molecule has 0 aliphatic carbocycles. The lowest BCUT2D eigenvalue weighted by Gasteiger charge is -2.32. The maximum atomic E-state index is 6.11. The molecule has 0 spiro atoms. The van der Waals surface area contributed by atoms with E-state index in [1.807, 2.05) is 0 Å². The highest BCUT2D eigenvalue weighted by Crippen LogP contribution is 2.39. The Balaban J connectivity index is 2.00. The van der Waals surface area contributed by atoms with E-state index in [1.54, 1.807) is 0 Å². The molecular weight excluding hydrogens is 160 g/mol. The Morgan fingerprint density at radius 3 is 2.08 bits per heavy atom. The predicted octanol–water partition coefficient (Wildman–Crippen LogP) is 1.74. The van der Waals surface area contributed by atoms with Gasteiger partial charge in [-0.25, -0.2) is 0 Å². The first-order chi connectivity index (χ1) is 6.24. The number of fused-ring (bicyclic) bond motifs is 2. The van der Waals surface area contributed by atoms with E-state index < -0.39 is 0 Å². The third-order valence-electron chi connectivity index (χ3n) is 4.07. The molecular formula is C11H22N2. The molecule has 0 aromatic heterocycles. The molecule has 2 N–H and O–H groups in total. The summed E-state index contributed by atoms with van der Waals surface area (Å²) in [6.45, 7) is 4.50. The molecule has 0 saturated carbocycles. The van der Waals surface area contributed by atoms with Gasteiger partial charge in [0, 0.05) is 24.2 Å². The van der Waals surface area contributed by atoms with Crippen molar-refractivity contribution in [2.75, 3.05) is 0 Å². The number of rotatable bonds is 3. The minimum atomic E-state index is 0.376. The first-order valence-corrected chi connectivity index (χ1v) is 5.77. The van der Waals surface area contributed by atoms with E-state index in [1.165, 1.54) is 25.7 Å². The maximum absolute atomic E-state index is 6.11. The molecule has 13 heavy (non-hydrogen) atoms. The van der Waals surface area contributed by atoms with Gasteiger partial charge in [-0.1, -0.05) is 6.92 Å². The van der Waals surface area contributed by atoms with Crippen LogP contribution >= 0.6 is 0 Å². The van der Waals surface area contributed by atoms with Crippen LogP contribution in [0.15, 0.2) is 0 Å². The Hall–Kier alpha value is -0.0800. The van der Waals surface area contributed by atoms with E-state index in [0.717, 1.165) is 18.5 Å². The van der Waals surface area contributed by atoms with Crippen molar-refractivity contribution in [3.63, 3.8) is 0 Å². The Bertz CT molecular complexity index is 161. The van der Waals surface area contributed by atoms with Crippen molar-refractivity contribution in [2.45, 2.75) is 70.1 Å². The van der Waals surface area contributed by atoms with E-state index in [4.69, 9.17) is 5.73 Å². The molecule has 2 heterocycles. The highest BCUT2D eigenvalue weighted by molar-refractivity contribution is 4.98. The topological polar surface area (TPSA) is 29.3 Å². The highest BCUT2D eigenvalue weighted by atomic mass is 15.3. The fourth-order valence-electron chi connectivity index (χ4n) is 3.18. The van der Waals surface area contributed by atoms with Crippen molar-refractivity contribution in [3.8, 4) is 0 Å². The fraction of sp³-hybridized carbons (Fsp3) is 1.00. The molecule has 2 fully saturated rings. The molecule has 2 atom stereocenters. The van der Waals surface area contributed by atoms with Gasteiger partial charge in [0.2, 0.25) is 0 Å². The monoisotopic (exact) mass is 182 g/mol. The van der Waals surface area contributed by atoms with Crippen LogP contribution in [0.2, 0.25) is 0 Å². The van der Waals surface area contributed by atoms with Gasteiger partial charge < -0.3 is 5.73 Å². The number of hydrogen-bond donors (Lipinski definition) is 1. The summed E-state index contributed by atoms with van der Waals surface area (Å²) in [5.74, 6) is 0. The smallest absolute Gasteiger partial charge is 0.0224 e. The zero-order chi connectivity index (χ0) is 9.42. The summed E-state index contributed by atoms with van der Waals surface area (Å²) in [4.78, 5) is 2.70. The predicted molar refractivity (Wildman–Crippen MR) is 55.6 cm³/mol. The molecule has 2 unspecified atom stereocenters. The van der Waals surface area contributed by atoms with E-state index in [9.17, 15) is 0 Å². The molecule has 0 radical (unpaired) electrons. The van der Waals surface area contributed by atoms with E-state index in [-0.39, 0.29) is 0 Å². The van der Waals surface area contributed by atoms with Crippen molar-refractivity contribution >= 4 is 0 Å². The second kappa shape index (κ2) is 3.58. The molecule has 2 aliphatic rings. The molecule has 2 rings (SSSR count). The van der Waals surface area contributed by atoms with Gasteiger partial charge in [-0.15, -0.1) is 0 Å². The van der Waals surface area contributed by atoms with Crippen molar-refractivity contribution in [2.24, 2.45) is 5.73 Å². The molecule has 76 valence electrons. The van der Waals surface area contributed by atoms with Crippen LogP contribution < -0.4 is 5.73 Å². The lowest BCUT2D eigenvalue weighted by molar-refractivity contribution is 0.162. The third kappa shape index (κ3) is 1.50. The SMILES string of the molecule is CCC(N)C(C)N1C2CCC1CC2. The Kier molecular flexibility index (Phi) is 2.61. The standard InChI is InChI=1S/C11H22N2/c1-3-11(12)8(2)13-9-4-5-10(13)7-6-9/h8-11H,3-7,12H2,1-2H3. The zero-order valence-corrected chi connectivity index (χ0v) is 8.87. The summed E-state index contributed by atoms with van der Waals surface area (Å²) < 4.78 is 0. The van der Waals surface area contributed by atoms with Crippen LogP contribution in [-0.4, -0.2) is 29.1 Å². The van der Waals surface area contributed by atoms with Crippen molar-refractivity contribution < 1.29 is 0 Å². The number of nitrogens with two attached hydrogens (primary N) is 1. The average molecular weight is 182 g/mol. The Morgan fingerprint density at radius 1 is 1.23 bits per heavy atom. The van der Waals surface area contributed by atoms with Crippen LogP contribution in [0.3, 0.4) is 0 Å². The summed E-state index contributed by atoms with van der Waals surface area (Å²) in [5.41, 5.74) is 6.11. The van der Waals surface area contributed by atoms with Crippen LogP contribution in [0.5, 0.6) is 0 Å². The van der Waals surface area contributed by atoms with Gasteiger partial charge in [0.1, 0.15) is 0 Å². The van der Waals surface area contributed by atoms with Crippen LogP contribution in [0.1, 0.15) is 46.0 Å². The fourth-order valence-corrected chi connectivity index (χ4v) is 3.18. The van der Waals surface area contributed by atoms with E-state index >= 15 is 0 Å². The van der Waals surface area contributed by atoms with Gasteiger partial charge in [-0.05, 0) is 39.0 Å². The Labute approximate surface area is 81.5 Å². The molecule has 2 nitrogen and oxygen atoms in total. The third-order valence-corrected chi connectivity index (χ3v) is 4.07.